The Morgan fingerprint density at radius 3 is 2.27 bits per heavy atom. The van der Waals surface area contributed by atoms with Crippen LogP contribution >= 0.6 is 12.2 Å². The van der Waals surface area contributed by atoms with Gasteiger partial charge in [-0.25, -0.2) is 22.4 Å². The van der Waals surface area contributed by atoms with Gasteiger partial charge in [0.15, 0.2) is 28.4 Å². The SMILES string of the molecule is CCOC(=O)c1ccc(NC(=O)C[C@@H]2C(=O)N(Cc3ccccc3)C(=S)N2Cc2cc(F)c(F)c(F)c2F)cc1. The van der Waals surface area contributed by atoms with E-state index in [2.05, 4.69) is 5.32 Å². The molecule has 0 unspecified atom stereocenters. The molecule has 1 atom stereocenters. The number of benzene rings is 3. The van der Waals surface area contributed by atoms with Crippen molar-refractivity contribution < 1.29 is 36.7 Å². The van der Waals surface area contributed by atoms with Crippen LogP contribution < -0.4 is 5.32 Å². The zero-order chi connectivity index (χ0) is 29.0. The summed E-state index contributed by atoms with van der Waals surface area (Å²) in [5.74, 6) is -8.91. The highest BCUT2D eigenvalue weighted by Gasteiger charge is 2.43. The monoisotopic (exact) mass is 573 g/mol. The minimum absolute atomic E-state index is 0.0388. The molecule has 0 aliphatic carbocycles. The van der Waals surface area contributed by atoms with Gasteiger partial charge in [0.1, 0.15) is 6.04 Å². The van der Waals surface area contributed by atoms with E-state index in [0.717, 1.165) is 5.56 Å². The van der Waals surface area contributed by atoms with Crippen LogP contribution in [0.5, 0.6) is 0 Å². The summed E-state index contributed by atoms with van der Waals surface area (Å²) in [7, 11) is 0. The zero-order valence-corrected chi connectivity index (χ0v) is 21.9. The smallest absolute Gasteiger partial charge is 0.338 e. The number of carbonyl (C=O) groups is 3. The van der Waals surface area contributed by atoms with Gasteiger partial charge in [0.25, 0.3) is 5.91 Å². The Morgan fingerprint density at radius 1 is 0.950 bits per heavy atom. The first-order valence-corrected chi connectivity index (χ1v) is 12.6. The van der Waals surface area contributed by atoms with Crippen molar-refractivity contribution in [3.05, 3.63) is 101 Å². The molecule has 1 heterocycles. The molecule has 1 aliphatic rings. The molecule has 4 rings (SSSR count). The molecule has 1 fully saturated rings. The second-order valence-electron chi connectivity index (χ2n) is 8.85. The maximum atomic E-state index is 14.5. The number of halogens is 4. The lowest BCUT2D eigenvalue weighted by Crippen LogP contribution is -2.37. The number of hydrogen-bond acceptors (Lipinski definition) is 5. The summed E-state index contributed by atoms with van der Waals surface area (Å²) < 4.78 is 60.8. The van der Waals surface area contributed by atoms with Crippen molar-refractivity contribution in [3.8, 4) is 0 Å². The lowest BCUT2D eigenvalue weighted by molar-refractivity contribution is -0.131. The zero-order valence-electron chi connectivity index (χ0n) is 21.1. The first kappa shape index (κ1) is 28.7. The van der Waals surface area contributed by atoms with Crippen molar-refractivity contribution in [1.29, 1.82) is 0 Å². The third-order valence-corrected chi connectivity index (χ3v) is 6.62. The highest BCUT2D eigenvalue weighted by atomic mass is 32.1. The highest BCUT2D eigenvalue weighted by molar-refractivity contribution is 7.80. The van der Waals surface area contributed by atoms with Crippen LogP contribution in [0.3, 0.4) is 0 Å². The second kappa shape index (κ2) is 12.2. The topological polar surface area (TPSA) is 78.9 Å². The Kier molecular flexibility index (Phi) is 8.78. The van der Waals surface area contributed by atoms with Crippen LogP contribution in [0.15, 0.2) is 60.7 Å². The van der Waals surface area contributed by atoms with Crippen molar-refractivity contribution in [1.82, 2.24) is 9.80 Å². The Labute approximate surface area is 232 Å². The van der Waals surface area contributed by atoms with Crippen LogP contribution in [-0.4, -0.2) is 45.3 Å². The fourth-order valence-corrected chi connectivity index (χ4v) is 4.54. The van der Waals surface area contributed by atoms with Gasteiger partial charge in [-0.3, -0.25) is 14.5 Å². The van der Waals surface area contributed by atoms with E-state index >= 15 is 0 Å². The van der Waals surface area contributed by atoms with Crippen LogP contribution in [0, 0.1) is 23.3 Å². The summed E-state index contributed by atoms with van der Waals surface area (Å²) in [5, 5.41) is 2.53. The van der Waals surface area contributed by atoms with Crippen LogP contribution in [0.2, 0.25) is 0 Å². The number of esters is 1. The summed E-state index contributed by atoms with van der Waals surface area (Å²) >= 11 is 5.46. The molecule has 3 aromatic rings. The van der Waals surface area contributed by atoms with E-state index in [-0.39, 0.29) is 23.8 Å². The molecule has 40 heavy (non-hydrogen) atoms. The average molecular weight is 574 g/mol. The van der Waals surface area contributed by atoms with Crippen molar-refractivity contribution in [2.45, 2.75) is 32.5 Å². The minimum atomic E-state index is -1.99. The number of anilines is 1. The standard InChI is InChI=1S/C28H23F4N3O4S/c1-2-39-27(38)17-8-10-19(11-9-17)33-22(36)13-21-26(37)35(14-16-6-4-3-5-7-16)28(40)34(21)15-18-12-20(29)24(31)25(32)23(18)30/h3-12,21H,2,13-15H2,1H3,(H,33,36)/t21-/m1/s1. The van der Waals surface area contributed by atoms with E-state index < -0.39 is 65.6 Å². The normalized spacial score (nSPS) is 15.0. The fraction of sp³-hybridized carbons (Fsp3) is 0.214. The quantitative estimate of drug-likeness (QED) is 0.128. The molecule has 1 N–H and O–H groups in total. The molecule has 0 radical (unpaired) electrons. The Morgan fingerprint density at radius 2 is 1.62 bits per heavy atom. The number of rotatable bonds is 9. The van der Waals surface area contributed by atoms with Gasteiger partial charge in [0.05, 0.1) is 25.1 Å². The predicted octanol–water partition coefficient (Wildman–Crippen LogP) is 4.95. The third-order valence-electron chi connectivity index (χ3n) is 6.16. The molecule has 1 aliphatic heterocycles. The average Bonchev–Trinajstić information content (AvgIpc) is 3.15. The van der Waals surface area contributed by atoms with Gasteiger partial charge in [-0.1, -0.05) is 30.3 Å². The van der Waals surface area contributed by atoms with Crippen molar-refractivity contribution >= 4 is 40.8 Å². The van der Waals surface area contributed by atoms with E-state index in [1.165, 1.54) is 34.1 Å². The number of nitrogens with zero attached hydrogens (tertiary/aromatic N) is 2. The molecule has 2 amide bonds. The van der Waals surface area contributed by atoms with Gasteiger partial charge < -0.3 is 15.0 Å². The molecule has 0 saturated carbocycles. The Hall–Kier alpha value is -4.32. The summed E-state index contributed by atoms with van der Waals surface area (Å²) in [6, 6.07) is 13.9. The lowest BCUT2D eigenvalue weighted by atomic mass is 10.1. The molecule has 1 saturated heterocycles. The molecular formula is C28H23F4N3O4S. The Balaban J connectivity index is 1.57. The molecule has 208 valence electrons. The van der Waals surface area contributed by atoms with Gasteiger partial charge in [-0.15, -0.1) is 0 Å². The number of carbonyl (C=O) groups excluding carboxylic acids is 3. The minimum Gasteiger partial charge on any atom is -0.462 e. The molecule has 0 aromatic heterocycles. The van der Waals surface area contributed by atoms with E-state index in [0.29, 0.717) is 11.8 Å². The first-order chi connectivity index (χ1) is 19.1. The van der Waals surface area contributed by atoms with Crippen LogP contribution in [0.25, 0.3) is 0 Å². The van der Waals surface area contributed by atoms with Gasteiger partial charge in [-0.2, -0.15) is 0 Å². The molecule has 7 nitrogen and oxygen atoms in total. The predicted molar refractivity (Wildman–Crippen MR) is 141 cm³/mol. The highest BCUT2D eigenvalue weighted by Crippen LogP contribution is 2.28. The van der Waals surface area contributed by atoms with Crippen LogP contribution in [0.4, 0.5) is 23.2 Å². The van der Waals surface area contributed by atoms with E-state index in [4.69, 9.17) is 17.0 Å². The molecular weight excluding hydrogens is 550 g/mol. The van der Waals surface area contributed by atoms with E-state index in [9.17, 15) is 31.9 Å². The maximum Gasteiger partial charge on any atom is 0.338 e. The molecule has 3 aromatic carbocycles. The summed E-state index contributed by atoms with van der Waals surface area (Å²) in [5.41, 5.74) is 0.746. The van der Waals surface area contributed by atoms with Gasteiger partial charge in [0, 0.05) is 17.8 Å². The van der Waals surface area contributed by atoms with Gasteiger partial charge in [0.2, 0.25) is 5.91 Å². The number of amides is 2. The number of ether oxygens (including phenoxy) is 1. The van der Waals surface area contributed by atoms with Crippen molar-refractivity contribution in [2.75, 3.05) is 11.9 Å². The summed E-state index contributed by atoms with van der Waals surface area (Å²) in [6.07, 6.45) is -0.447. The van der Waals surface area contributed by atoms with Crippen molar-refractivity contribution in [3.63, 3.8) is 0 Å². The Bertz CT molecular complexity index is 1450. The first-order valence-electron chi connectivity index (χ1n) is 12.2. The fourth-order valence-electron chi connectivity index (χ4n) is 4.19. The second-order valence-corrected chi connectivity index (χ2v) is 9.21. The number of nitrogens with one attached hydrogen (secondary N) is 1. The molecule has 12 heteroatoms. The maximum absolute atomic E-state index is 14.5. The third kappa shape index (κ3) is 6.12. The lowest BCUT2D eigenvalue weighted by Gasteiger charge is -2.24. The van der Waals surface area contributed by atoms with Crippen LogP contribution in [-0.2, 0) is 27.4 Å². The van der Waals surface area contributed by atoms with Crippen LogP contribution in [0.1, 0.15) is 34.8 Å². The van der Waals surface area contributed by atoms with Gasteiger partial charge in [-0.05, 0) is 55.0 Å². The molecule has 0 spiro atoms. The summed E-state index contributed by atoms with van der Waals surface area (Å²) in [6.45, 7) is 1.32. The number of thiocarbonyl (C=S) groups is 1. The molecule has 0 bridgehead atoms. The number of hydrogen-bond donors (Lipinski definition) is 1. The van der Waals surface area contributed by atoms with Gasteiger partial charge >= 0.3 is 5.97 Å². The van der Waals surface area contributed by atoms with E-state index in [1.807, 2.05) is 0 Å². The largest absolute Gasteiger partial charge is 0.462 e. The summed E-state index contributed by atoms with van der Waals surface area (Å²) in [4.78, 5) is 40.6. The van der Waals surface area contributed by atoms with E-state index in [1.54, 1.807) is 37.3 Å². The van der Waals surface area contributed by atoms with Crippen molar-refractivity contribution in [2.24, 2.45) is 0 Å².